The minimum Gasteiger partial charge on any atom is -0.340 e. The molecule has 0 aromatic heterocycles. The summed E-state index contributed by atoms with van der Waals surface area (Å²) >= 11 is 0. The summed E-state index contributed by atoms with van der Waals surface area (Å²) in [6.45, 7) is 7.51. The van der Waals surface area contributed by atoms with Crippen molar-refractivity contribution in [3.05, 3.63) is 29.8 Å². The van der Waals surface area contributed by atoms with Gasteiger partial charge >= 0.3 is 0 Å². The Morgan fingerprint density at radius 3 is 2.24 bits per heavy atom. The van der Waals surface area contributed by atoms with E-state index in [0.29, 0.717) is 37.8 Å². The van der Waals surface area contributed by atoms with Crippen molar-refractivity contribution in [2.75, 3.05) is 26.2 Å². The third kappa shape index (κ3) is 5.32. The normalized spacial score (nSPS) is 24.1. The fraction of sp³-hybridized carbons (Fsp3) is 0.650. The zero-order valence-electron chi connectivity index (χ0n) is 16.9. The predicted octanol–water partition coefficient (Wildman–Crippen LogP) is 2.35. The molecular weight excluding hydrogens is 400 g/mol. The van der Waals surface area contributed by atoms with Gasteiger partial charge in [0.15, 0.2) is 0 Å². The van der Waals surface area contributed by atoms with Gasteiger partial charge in [-0.1, -0.05) is 0 Å². The van der Waals surface area contributed by atoms with Crippen molar-refractivity contribution < 1.29 is 22.0 Å². The summed E-state index contributed by atoms with van der Waals surface area (Å²) in [6.07, 6.45) is 2.24. The molecule has 1 amide bonds. The number of sulfonamides is 1. The minimum absolute atomic E-state index is 0.0936. The average Bonchev–Trinajstić information content (AvgIpc) is 2.67. The van der Waals surface area contributed by atoms with E-state index >= 15 is 0 Å². The predicted molar refractivity (Wildman–Crippen MR) is 106 cm³/mol. The molecule has 3 rings (SSSR count). The number of carbonyl (C=O) groups excluding carboxylic acids is 1. The third-order valence-electron chi connectivity index (χ3n) is 5.94. The van der Waals surface area contributed by atoms with Crippen LogP contribution in [0, 0.1) is 17.6 Å². The molecular formula is C20H29F2N3O3S. The molecule has 1 heterocycles. The summed E-state index contributed by atoms with van der Waals surface area (Å²) in [5.74, 6) is -1.88. The van der Waals surface area contributed by atoms with Gasteiger partial charge in [-0.15, -0.1) is 0 Å². The van der Waals surface area contributed by atoms with E-state index in [4.69, 9.17) is 0 Å². The minimum atomic E-state index is -4.07. The average molecular weight is 430 g/mol. The standard InChI is InChI=1S/C20H29F2N3O3S/c1-14(2)24-9-11-25(12-10-24)20(26)15-3-6-17(7-4-15)23-29(27,28)19-8-5-16(21)13-18(19)22/h5,8,13-15,17,23H,3-4,6-7,9-12H2,1-2H3. The Hall–Kier alpha value is -1.58. The molecule has 1 aromatic carbocycles. The molecule has 1 saturated heterocycles. The maximum Gasteiger partial charge on any atom is 0.243 e. The molecule has 0 spiro atoms. The Balaban J connectivity index is 1.52. The van der Waals surface area contributed by atoms with Crippen LogP contribution in [-0.2, 0) is 14.8 Å². The molecule has 162 valence electrons. The fourth-order valence-electron chi connectivity index (χ4n) is 4.15. The Morgan fingerprint density at radius 1 is 1.07 bits per heavy atom. The number of nitrogens with one attached hydrogen (secondary N) is 1. The molecule has 1 aliphatic heterocycles. The summed E-state index contributed by atoms with van der Waals surface area (Å²) in [6, 6.07) is 2.53. The first kappa shape index (κ1) is 22.1. The Bertz CT molecular complexity index is 831. The number of halogens is 2. The van der Waals surface area contributed by atoms with E-state index in [9.17, 15) is 22.0 Å². The maximum absolute atomic E-state index is 13.8. The molecule has 9 heteroatoms. The summed E-state index contributed by atoms with van der Waals surface area (Å²) in [4.78, 5) is 16.5. The summed E-state index contributed by atoms with van der Waals surface area (Å²) < 4.78 is 54.2. The largest absolute Gasteiger partial charge is 0.340 e. The number of hydrogen-bond acceptors (Lipinski definition) is 4. The molecule has 0 unspecified atom stereocenters. The number of nitrogens with zero attached hydrogens (tertiary/aromatic N) is 2. The Labute approximate surface area is 171 Å². The van der Waals surface area contributed by atoms with Gasteiger partial charge in [0.25, 0.3) is 0 Å². The monoisotopic (exact) mass is 429 g/mol. The van der Waals surface area contributed by atoms with Crippen molar-refractivity contribution in [1.82, 2.24) is 14.5 Å². The van der Waals surface area contributed by atoms with E-state index in [2.05, 4.69) is 23.5 Å². The molecule has 1 aromatic rings. The first-order chi connectivity index (χ1) is 13.7. The van der Waals surface area contributed by atoms with E-state index in [0.717, 1.165) is 38.3 Å². The van der Waals surface area contributed by atoms with Gasteiger partial charge in [-0.05, 0) is 51.7 Å². The van der Waals surface area contributed by atoms with Crippen molar-refractivity contribution in [3.63, 3.8) is 0 Å². The molecule has 0 bridgehead atoms. The molecule has 2 fully saturated rings. The van der Waals surface area contributed by atoms with E-state index in [-0.39, 0.29) is 17.9 Å². The van der Waals surface area contributed by atoms with Crippen LogP contribution in [0.1, 0.15) is 39.5 Å². The number of piperazine rings is 1. The van der Waals surface area contributed by atoms with E-state index < -0.39 is 26.6 Å². The van der Waals surface area contributed by atoms with Gasteiger partial charge in [0.2, 0.25) is 15.9 Å². The quantitative estimate of drug-likeness (QED) is 0.780. The zero-order valence-corrected chi connectivity index (χ0v) is 17.7. The van der Waals surface area contributed by atoms with Crippen LogP contribution < -0.4 is 4.72 Å². The van der Waals surface area contributed by atoms with Crippen LogP contribution in [0.3, 0.4) is 0 Å². The summed E-state index contributed by atoms with van der Waals surface area (Å²) in [5.41, 5.74) is 0. The lowest BCUT2D eigenvalue weighted by Gasteiger charge is -2.39. The van der Waals surface area contributed by atoms with Crippen molar-refractivity contribution in [3.8, 4) is 0 Å². The molecule has 1 N–H and O–H groups in total. The number of benzene rings is 1. The second kappa shape index (κ2) is 9.06. The zero-order chi connectivity index (χ0) is 21.2. The number of amides is 1. The highest BCUT2D eigenvalue weighted by molar-refractivity contribution is 7.89. The van der Waals surface area contributed by atoms with Crippen LogP contribution in [0.25, 0.3) is 0 Å². The molecule has 1 saturated carbocycles. The van der Waals surface area contributed by atoms with Crippen LogP contribution in [0.4, 0.5) is 8.78 Å². The van der Waals surface area contributed by atoms with E-state index in [1.807, 2.05) is 4.90 Å². The lowest BCUT2D eigenvalue weighted by molar-refractivity contribution is -0.138. The SMILES string of the molecule is CC(C)N1CCN(C(=O)C2CCC(NS(=O)(=O)c3ccc(F)cc3F)CC2)CC1. The lowest BCUT2D eigenvalue weighted by Crippen LogP contribution is -2.52. The van der Waals surface area contributed by atoms with E-state index in [1.165, 1.54) is 0 Å². The molecule has 6 nitrogen and oxygen atoms in total. The Morgan fingerprint density at radius 2 is 1.69 bits per heavy atom. The highest BCUT2D eigenvalue weighted by atomic mass is 32.2. The molecule has 29 heavy (non-hydrogen) atoms. The molecule has 2 aliphatic rings. The van der Waals surface area contributed by atoms with Crippen LogP contribution in [-0.4, -0.2) is 62.4 Å². The second-order valence-electron chi connectivity index (χ2n) is 8.20. The summed E-state index contributed by atoms with van der Waals surface area (Å²) in [7, 11) is -4.07. The first-order valence-corrected chi connectivity index (χ1v) is 11.7. The Kier molecular flexibility index (Phi) is 6.90. The van der Waals surface area contributed by atoms with Gasteiger partial charge in [-0.2, -0.15) is 0 Å². The number of carbonyl (C=O) groups is 1. The van der Waals surface area contributed by atoms with Gasteiger partial charge in [-0.3, -0.25) is 9.69 Å². The van der Waals surface area contributed by atoms with Crippen LogP contribution in [0.5, 0.6) is 0 Å². The molecule has 0 atom stereocenters. The topological polar surface area (TPSA) is 69.7 Å². The number of rotatable bonds is 5. The number of hydrogen-bond donors (Lipinski definition) is 1. The van der Waals surface area contributed by atoms with Crippen LogP contribution >= 0.6 is 0 Å². The van der Waals surface area contributed by atoms with Gasteiger partial charge in [0.05, 0.1) is 0 Å². The highest BCUT2D eigenvalue weighted by Gasteiger charge is 2.33. The maximum atomic E-state index is 13.8. The van der Waals surface area contributed by atoms with E-state index in [1.54, 1.807) is 0 Å². The van der Waals surface area contributed by atoms with Gasteiger partial charge in [-0.25, -0.2) is 21.9 Å². The second-order valence-corrected chi connectivity index (χ2v) is 9.88. The van der Waals surface area contributed by atoms with Gasteiger partial charge in [0, 0.05) is 50.2 Å². The van der Waals surface area contributed by atoms with Crippen molar-refractivity contribution in [2.45, 2.75) is 56.5 Å². The molecule has 1 aliphatic carbocycles. The van der Waals surface area contributed by atoms with Crippen molar-refractivity contribution in [2.24, 2.45) is 5.92 Å². The first-order valence-electron chi connectivity index (χ1n) is 10.2. The summed E-state index contributed by atoms with van der Waals surface area (Å²) in [5, 5.41) is 0. The van der Waals surface area contributed by atoms with Crippen molar-refractivity contribution >= 4 is 15.9 Å². The highest BCUT2D eigenvalue weighted by Crippen LogP contribution is 2.28. The smallest absolute Gasteiger partial charge is 0.243 e. The van der Waals surface area contributed by atoms with Crippen LogP contribution in [0.15, 0.2) is 23.1 Å². The van der Waals surface area contributed by atoms with Gasteiger partial charge < -0.3 is 4.90 Å². The van der Waals surface area contributed by atoms with Crippen LogP contribution in [0.2, 0.25) is 0 Å². The van der Waals surface area contributed by atoms with Crippen molar-refractivity contribution in [1.29, 1.82) is 0 Å². The van der Waals surface area contributed by atoms with Gasteiger partial charge in [0.1, 0.15) is 16.5 Å². The molecule has 0 radical (unpaired) electrons. The fourth-order valence-corrected chi connectivity index (χ4v) is 5.52. The third-order valence-corrected chi connectivity index (χ3v) is 7.49. The lowest BCUT2D eigenvalue weighted by atomic mass is 9.85.